The third-order valence-corrected chi connectivity index (χ3v) is 7.30. The predicted molar refractivity (Wildman–Crippen MR) is 151 cm³/mol. The minimum atomic E-state index is -0.439. The number of aryl methyl sites for hydroxylation is 1. The summed E-state index contributed by atoms with van der Waals surface area (Å²) >= 11 is 6.12. The van der Waals surface area contributed by atoms with E-state index in [1.807, 2.05) is 20.8 Å². The molecule has 212 valence electrons. The number of hydrogen-bond acceptors (Lipinski definition) is 6. The summed E-state index contributed by atoms with van der Waals surface area (Å²) in [6.45, 7) is 7.05. The molecule has 1 unspecified atom stereocenters. The van der Waals surface area contributed by atoms with E-state index in [1.165, 1.54) is 16.7 Å². The van der Waals surface area contributed by atoms with Crippen LogP contribution in [0, 0.1) is 12.7 Å². The first kappa shape index (κ1) is 28.2. The van der Waals surface area contributed by atoms with Crippen LogP contribution < -0.4 is 11.2 Å². The molecule has 1 saturated heterocycles. The highest BCUT2D eigenvalue weighted by Gasteiger charge is 2.25. The van der Waals surface area contributed by atoms with Crippen LogP contribution >= 0.6 is 11.6 Å². The summed E-state index contributed by atoms with van der Waals surface area (Å²) in [6, 6.07) is 9.28. The molecule has 1 aromatic carbocycles. The van der Waals surface area contributed by atoms with Gasteiger partial charge in [-0.15, -0.1) is 0 Å². The van der Waals surface area contributed by atoms with Crippen LogP contribution in [0.1, 0.15) is 56.8 Å². The molecule has 40 heavy (non-hydrogen) atoms. The van der Waals surface area contributed by atoms with E-state index in [9.17, 15) is 14.0 Å². The van der Waals surface area contributed by atoms with Crippen molar-refractivity contribution in [2.45, 2.75) is 71.9 Å². The monoisotopic (exact) mass is 569 g/mol. The van der Waals surface area contributed by atoms with Crippen molar-refractivity contribution >= 4 is 22.8 Å². The zero-order valence-electron chi connectivity index (χ0n) is 22.9. The van der Waals surface area contributed by atoms with Gasteiger partial charge in [-0.1, -0.05) is 23.7 Å². The molecular weight excluding hydrogens is 537 g/mol. The highest BCUT2D eigenvalue weighted by Crippen LogP contribution is 2.28. The van der Waals surface area contributed by atoms with Crippen molar-refractivity contribution in [2.24, 2.45) is 0 Å². The lowest BCUT2D eigenvalue weighted by Gasteiger charge is -2.22. The molecule has 0 bridgehead atoms. The molecule has 0 spiro atoms. The number of hydrogen-bond donors (Lipinski definition) is 0. The van der Waals surface area contributed by atoms with Crippen molar-refractivity contribution in [1.82, 2.24) is 23.7 Å². The number of ether oxygens (including phenoxy) is 2. The number of benzene rings is 1. The lowest BCUT2D eigenvalue weighted by atomic mass is 10.1. The zero-order chi connectivity index (χ0) is 28.4. The van der Waals surface area contributed by atoms with Gasteiger partial charge in [-0.3, -0.25) is 13.9 Å². The van der Waals surface area contributed by atoms with Crippen molar-refractivity contribution in [3.05, 3.63) is 79.5 Å². The van der Waals surface area contributed by atoms with Gasteiger partial charge in [0.1, 0.15) is 16.8 Å². The van der Waals surface area contributed by atoms with Crippen molar-refractivity contribution in [3.8, 4) is 11.4 Å². The van der Waals surface area contributed by atoms with Crippen molar-refractivity contribution in [2.75, 3.05) is 13.2 Å². The standard InChI is InChI=1S/C29H33ClFN5O4/c1-18(2)36-27-25(28(37)34(29(36)38)14-6-16-40-24-7-4-5-15-39-24)35(17-20-8-10-21(31)11-9-20)26(33-27)22-12-13-23(30)32-19(22)3/h8-13,18,24H,4-7,14-17H2,1-3H3. The highest BCUT2D eigenvalue weighted by molar-refractivity contribution is 6.29. The quantitative estimate of drug-likeness (QED) is 0.206. The molecule has 1 aliphatic heterocycles. The number of imidazole rings is 1. The van der Waals surface area contributed by atoms with E-state index in [-0.39, 0.29) is 31.2 Å². The lowest BCUT2D eigenvalue weighted by Crippen LogP contribution is -2.41. The number of nitrogens with zero attached hydrogens (tertiary/aromatic N) is 5. The number of rotatable bonds is 9. The van der Waals surface area contributed by atoms with E-state index >= 15 is 0 Å². The van der Waals surface area contributed by atoms with Crippen molar-refractivity contribution in [1.29, 1.82) is 0 Å². The van der Waals surface area contributed by atoms with Gasteiger partial charge in [-0.05, 0) is 76.3 Å². The Labute approximate surface area is 236 Å². The van der Waals surface area contributed by atoms with Crippen LogP contribution in [0.15, 0.2) is 46.0 Å². The molecule has 0 amide bonds. The maximum atomic E-state index is 14.0. The first-order valence-electron chi connectivity index (χ1n) is 13.6. The van der Waals surface area contributed by atoms with Gasteiger partial charge in [0.05, 0.1) is 6.61 Å². The van der Waals surface area contributed by atoms with Gasteiger partial charge in [0.25, 0.3) is 5.56 Å². The Hall–Kier alpha value is -3.34. The van der Waals surface area contributed by atoms with Gasteiger partial charge in [0, 0.05) is 37.0 Å². The molecule has 9 nitrogen and oxygen atoms in total. The van der Waals surface area contributed by atoms with Crippen molar-refractivity contribution in [3.63, 3.8) is 0 Å². The minimum absolute atomic E-state index is 0.186. The molecule has 4 aromatic rings. The van der Waals surface area contributed by atoms with Gasteiger partial charge < -0.3 is 14.0 Å². The second-order valence-electron chi connectivity index (χ2n) is 10.3. The third kappa shape index (κ3) is 5.75. The van der Waals surface area contributed by atoms with Gasteiger partial charge in [0.15, 0.2) is 17.5 Å². The second kappa shape index (κ2) is 12.0. The van der Waals surface area contributed by atoms with Gasteiger partial charge >= 0.3 is 5.69 Å². The van der Waals surface area contributed by atoms with E-state index in [0.717, 1.165) is 24.8 Å². The van der Waals surface area contributed by atoms with Crippen LogP contribution in [0.4, 0.5) is 4.39 Å². The Kier molecular flexibility index (Phi) is 8.48. The Morgan fingerprint density at radius 2 is 1.88 bits per heavy atom. The molecule has 0 N–H and O–H groups in total. The summed E-state index contributed by atoms with van der Waals surface area (Å²) in [5.41, 5.74) is 1.80. The number of fused-ring (bicyclic) bond motifs is 1. The van der Waals surface area contributed by atoms with Crippen LogP contribution in [-0.2, 0) is 22.6 Å². The maximum absolute atomic E-state index is 14.0. The maximum Gasteiger partial charge on any atom is 0.332 e. The summed E-state index contributed by atoms with van der Waals surface area (Å²) < 4.78 is 29.7. The van der Waals surface area contributed by atoms with Gasteiger partial charge in [-0.25, -0.2) is 19.2 Å². The summed E-state index contributed by atoms with van der Waals surface area (Å²) in [5.74, 6) is 0.122. The average molecular weight is 570 g/mol. The highest BCUT2D eigenvalue weighted by atomic mass is 35.5. The molecule has 1 atom stereocenters. The summed E-state index contributed by atoms with van der Waals surface area (Å²) in [7, 11) is 0. The van der Waals surface area contributed by atoms with Crippen LogP contribution in [0.5, 0.6) is 0 Å². The summed E-state index contributed by atoms with van der Waals surface area (Å²) in [6.07, 6.45) is 3.16. The van der Waals surface area contributed by atoms with E-state index in [1.54, 1.807) is 33.4 Å². The molecule has 5 rings (SSSR count). The Bertz CT molecular complexity index is 1620. The average Bonchev–Trinajstić information content (AvgIpc) is 3.28. The summed E-state index contributed by atoms with van der Waals surface area (Å²) in [5, 5.41) is 0.338. The molecule has 0 radical (unpaired) electrons. The predicted octanol–water partition coefficient (Wildman–Crippen LogP) is 5.09. The van der Waals surface area contributed by atoms with E-state index in [4.69, 9.17) is 26.1 Å². The number of halogens is 2. The second-order valence-corrected chi connectivity index (χ2v) is 10.7. The van der Waals surface area contributed by atoms with Gasteiger partial charge in [-0.2, -0.15) is 0 Å². The third-order valence-electron chi connectivity index (χ3n) is 7.09. The first-order valence-corrected chi connectivity index (χ1v) is 14.0. The Morgan fingerprint density at radius 3 is 2.55 bits per heavy atom. The fourth-order valence-electron chi connectivity index (χ4n) is 5.10. The van der Waals surface area contributed by atoms with E-state index in [2.05, 4.69) is 4.98 Å². The fourth-order valence-corrected chi connectivity index (χ4v) is 5.29. The molecule has 1 fully saturated rings. The molecular formula is C29H33ClFN5O4. The minimum Gasteiger partial charge on any atom is -0.353 e. The normalized spacial score (nSPS) is 15.8. The zero-order valence-corrected chi connectivity index (χ0v) is 23.7. The first-order chi connectivity index (χ1) is 19.2. The topological polar surface area (TPSA) is 93.2 Å². The number of aromatic nitrogens is 5. The molecule has 0 aliphatic carbocycles. The van der Waals surface area contributed by atoms with E-state index in [0.29, 0.717) is 53.0 Å². The van der Waals surface area contributed by atoms with Crippen LogP contribution in [-0.4, -0.2) is 43.2 Å². The molecule has 11 heteroatoms. The largest absolute Gasteiger partial charge is 0.353 e. The SMILES string of the molecule is Cc1nc(Cl)ccc1-c1nc2c(c(=O)n(CCCOC3CCCCO3)c(=O)n2C(C)C)n1Cc1ccc(F)cc1. The molecule has 3 aromatic heterocycles. The van der Waals surface area contributed by atoms with Crippen LogP contribution in [0.2, 0.25) is 5.15 Å². The summed E-state index contributed by atoms with van der Waals surface area (Å²) in [4.78, 5) is 36.9. The number of pyridine rings is 1. The van der Waals surface area contributed by atoms with Crippen LogP contribution in [0.25, 0.3) is 22.6 Å². The molecule has 0 saturated carbocycles. The Balaban J connectivity index is 1.63. The fraction of sp³-hybridized carbons (Fsp3) is 0.448. The molecule has 4 heterocycles. The van der Waals surface area contributed by atoms with E-state index < -0.39 is 11.2 Å². The van der Waals surface area contributed by atoms with Gasteiger partial charge in [0.2, 0.25) is 0 Å². The molecule has 1 aliphatic rings. The Morgan fingerprint density at radius 1 is 1.10 bits per heavy atom. The lowest BCUT2D eigenvalue weighted by molar-refractivity contribution is -0.163. The van der Waals surface area contributed by atoms with Crippen LogP contribution in [0.3, 0.4) is 0 Å². The van der Waals surface area contributed by atoms with Crippen molar-refractivity contribution < 1.29 is 13.9 Å². The smallest absolute Gasteiger partial charge is 0.332 e.